The molecule has 0 aliphatic carbocycles. The summed E-state index contributed by atoms with van der Waals surface area (Å²) in [7, 11) is 0. The van der Waals surface area contributed by atoms with Gasteiger partial charge in [0.15, 0.2) is 0 Å². The summed E-state index contributed by atoms with van der Waals surface area (Å²) < 4.78 is 28.1. The molecular weight excluding hydrogens is 272 g/mol. The Morgan fingerprint density at radius 2 is 1.90 bits per heavy atom. The Bertz CT molecular complexity index is 498. The van der Waals surface area contributed by atoms with Gasteiger partial charge in [-0.15, -0.1) is 0 Å². The predicted molar refractivity (Wildman–Crippen MR) is 64.5 cm³/mol. The molecule has 108 valence electrons. The average molecular weight is 285 g/mol. The van der Waals surface area contributed by atoms with Gasteiger partial charge in [0.05, 0.1) is 12.3 Å². The Hall–Kier alpha value is -2.18. The largest absolute Gasteiger partial charge is 0.481 e. The molecular formula is C13H13F2NO4. The number of halogens is 2. The van der Waals surface area contributed by atoms with Gasteiger partial charge in [0.25, 0.3) is 0 Å². The van der Waals surface area contributed by atoms with Crippen LogP contribution < -0.4 is 4.74 Å². The lowest BCUT2D eigenvalue weighted by molar-refractivity contribution is -0.152. The van der Waals surface area contributed by atoms with Crippen molar-refractivity contribution in [2.75, 3.05) is 13.1 Å². The van der Waals surface area contributed by atoms with E-state index in [0.717, 1.165) is 0 Å². The van der Waals surface area contributed by atoms with Crippen molar-refractivity contribution in [3.8, 4) is 5.75 Å². The van der Waals surface area contributed by atoms with E-state index in [2.05, 4.69) is 4.74 Å². The average Bonchev–Trinajstić information content (AvgIpc) is 2.28. The van der Waals surface area contributed by atoms with Crippen molar-refractivity contribution >= 4 is 11.9 Å². The van der Waals surface area contributed by atoms with E-state index in [1.54, 1.807) is 0 Å². The minimum atomic E-state index is -2.88. The maximum Gasteiger partial charge on any atom is 0.387 e. The highest BCUT2D eigenvalue weighted by Crippen LogP contribution is 2.19. The van der Waals surface area contributed by atoms with E-state index in [1.165, 1.54) is 29.2 Å². The van der Waals surface area contributed by atoms with Gasteiger partial charge in [0, 0.05) is 13.1 Å². The number of carboxylic acid groups (broad SMARTS) is 1. The van der Waals surface area contributed by atoms with E-state index < -0.39 is 18.5 Å². The number of hydrogen-bond acceptors (Lipinski definition) is 3. The summed E-state index contributed by atoms with van der Waals surface area (Å²) in [5.41, 5.74) is 0.662. The standard InChI is InChI=1S/C13H13F2NO4/c14-13(15)20-10-3-1-8(2-4-10)5-11(17)16-6-9(7-16)12(18)19/h1-4,9,13H,5-7H2,(H,18,19). The van der Waals surface area contributed by atoms with Crippen molar-refractivity contribution in [1.82, 2.24) is 4.90 Å². The molecule has 20 heavy (non-hydrogen) atoms. The summed E-state index contributed by atoms with van der Waals surface area (Å²) in [5.74, 6) is -1.53. The summed E-state index contributed by atoms with van der Waals surface area (Å²) in [6.45, 7) is -2.43. The highest BCUT2D eigenvalue weighted by Gasteiger charge is 2.35. The molecule has 1 saturated heterocycles. The van der Waals surface area contributed by atoms with Gasteiger partial charge < -0.3 is 14.7 Å². The summed E-state index contributed by atoms with van der Waals surface area (Å²) >= 11 is 0. The maximum absolute atomic E-state index is 12.0. The van der Waals surface area contributed by atoms with Gasteiger partial charge in [0.2, 0.25) is 5.91 Å². The van der Waals surface area contributed by atoms with Crippen molar-refractivity contribution in [2.24, 2.45) is 5.92 Å². The quantitative estimate of drug-likeness (QED) is 0.887. The van der Waals surface area contributed by atoms with Crippen molar-refractivity contribution in [3.05, 3.63) is 29.8 Å². The second kappa shape index (κ2) is 5.85. The second-order valence-corrected chi connectivity index (χ2v) is 4.53. The van der Waals surface area contributed by atoms with Crippen molar-refractivity contribution in [1.29, 1.82) is 0 Å². The minimum Gasteiger partial charge on any atom is -0.481 e. The van der Waals surface area contributed by atoms with Crippen LogP contribution in [0.15, 0.2) is 24.3 Å². The Morgan fingerprint density at radius 3 is 2.40 bits per heavy atom. The first-order chi connectivity index (χ1) is 9.45. The monoisotopic (exact) mass is 285 g/mol. The lowest BCUT2D eigenvalue weighted by Crippen LogP contribution is -2.53. The number of rotatable bonds is 5. The van der Waals surface area contributed by atoms with Crippen LogP contribution in [0.4, 0.5) is 8.78 Å². The van der Waals surface area contributed by atoms with Crippen LogP contribution in [0.5, 0.6) is 5.75 Å². The van der Waals surface area contributed by atoms with Crippen LogP contribution in [0.1, 0.15) is 5.56 Å². The van der Waals surface area contributed by atoms with E-state index in [9.17, 15) is 18.4 Å². The Labute approximate surface area is 113 Å². The number of amides is 1. The molecule has 0 spiro atoms. The number of ether oxygens (including phenoxy) is 1. The molecule has 1 aliphatic heterocycles. The third kappa shape index (κ3) is 3.43. The molecule has 0 unspecified atom stereocenters. The van der Waals surface area contributed by atoms with Crippen LogP contribution in [0.25, 0.3) is 0 Å². The van der Waals surface area contributed by atoms with Crippen LogP contribution in [-0.2, 0) is 16.0 Å². The molecule has 0 atom stereocenters. The number of nitrogens with zero attached hydrogens (tertiary/aromatic N) is 1. The zero-order valence-corrected chi connectivity index (χ0v) is 10.5. The van der Waals surface area contributed by atoms with E-state index >= 15 is 0 Å². The molecule has 1 aliphatic rings. The summed E-state index contributed by atoms with van der Waals surface area (Å²) in [4.78, 5) is 23.9. The summed E-state index contributed by atoms with van der Waals surface area (Å²) in [6, 6.07) is 5.80. The van der Waals surface area contributed by atoms with Gasteiger partial charge in [-0.25, -0.2) is 0 Å². The topological polar surface area (TPSA) is 66.8 Å². The molecule has 1 fully saturated rings. The second-order valence-electron chi connectivity index (χ2n) is 4.53. The predicted octanol–water partition coefficient (Wildman–Crippen LogP) is 1.37. The van der Waals surface area contributed by atoms with E-state index in [0.29, 0.717) is 5.56 Å². The van der Waals surface area contributed by atoms with Gasteiger partial charge in [-0.05, 0) is 17.7 Å². The number of benzene rings is 1. The highest BCUT2D eigenvalue weighted by atomic mass is 19.3. The number of carbonyl (C=O) groups excluding carboxylic acids is 1. The number of carboxylic acids is 1. The number of hydrogen-bond donors (Lipinski definition) is 1. The zero-order valence-electron chi connectivity index (χ0n) is 10.5. The number of aliphatic carboxylic acids is 1. The molecule has 1 aromatic rings. The van der Waals surface area contributed by atoms with Crippen LogP contribution in [0.3, 0.4) is 0 Å². The van der Waals surface area contributed by atoms with Crippen LogP contribution >= 0.6 is 0 Å². The van der Waals surface area contributed by atoms with Gasteiger partial charge in [-0.2, -0.15) is 8.78 Å². The van der Waals surface area contributed by atoms with Crippen molar-refractivity contribution in [2.45, 2.75) is 13.0 Å². The molecule has 0 aromatic heterocycles. The number of alkyl halides is 2. The molecule has 0 bridgehead atoms. The van der Waals surface area contributed by atoms with Gasteiger partial charge in [-0.1, -0.05) is 12.1 Å². The molecule has 1 aromatic carbocycles. The van der Waals surface area contributed by atoms with E-state index in [1.807, 2.05) is 0 Å². The summed E-state index contributed by atoms with van der Waals surface area (Å²) in [5, 5.41) is 8.71. The van der Waals surface area contributed by atoms with Gasteiger partial charge in [0.1, 0.15) is 5.75 Å². The molecule has 0 radical (unpaired) electrons. The maximum atomic E-state index is 12.0. The molecule has 0 saturated carbocycles. The lowest BCUT2D eigenvalue weighted by atomic mass is 9.99. The van der Waals surface area contributed by atoms with Crippen LogP contribution in [0, 0.1) is 5.92 Å². The first kappa shape index (κ1) is 14.2. The number of carbonyl (C=O) groups is 2. The molecule has 1 N–H and O–H groups in total. The zero-order chi connectivity index (χ0) is 14.7. The van der Waals surface area contributed by atoms with Crippen LogP contribution in [0.2, 0.25) is 0 Å². The van der Waals surface area contributed by atoms with Crippen LogP contribution in [-0.4, -0.2) is 41.6 Å². The smallest absolute Gasteiger partial charge is 0.387 e. The third-order valence-corrected chi connectivity index (χ3v) is 3.09. The Balaban J connectivity index is 1.84. The number of likely N-dealkylation sites (tertiary alicyclic amines) is 1. The molecule has 5 nitrogen and oxygen atoms in total. The molecule has 7 heteroatoms. The fourth-order valence-corrected chi connectivity index (χ4v) is 1.91. The lowest BCUT2D eigenvalue weighted by Gasteiger charge is -2.36. The van der Waals surface area contributed by atoms with E-state index in [-0.39, 0.29) is 31.2 Å². The first-order valence-electron chi connectivity index (χ1n) is 6.00. The van der Waals surface area contributed by atoms with Crippen molar-refractivity contribution in [3.63, 3.8) is 0 Å². The van der Waals surface area contributed by atoms with Gasteiger partial charge in [-0.3, -0.25) is 9.59 Å². The first-order valence-corrected chi connectivity index (χ1v) is 6.00. The minimum absolute atomic E-state index is 0.0334. The molecule has 1 heterocycles. The van der Waals surface area contributed by atoms with Crippen molar-refractivity contribution < 1.29 is 28.2 Å². The normalized spacial score (nSPS) is 15.1. The molecule has 2 rings (SSSR count). The summed E-state index contributed by atoms with van der Waals surface area (Å²) in [6.07, 6.45) is 0.112. The SMILES string of the molecule is O=C(O)C1CN(C(=O)Cc2ccc(OC(F)F)cc2)C1. The Kier molecular flexibility index (Phi) is 4.16. The fourth-order valence-electron chi connectivity index (χ4n) is 1.91. The Morgan fingerprint density at radius 1 is 1.30 bits per heavy atom. The van der Waals surface area contributed by atoms with E-state index in [4.69, 9.17) is 5.11 Å². The third-order valence-electron chi connectivity index (χ3n) is 3.09. The fraction of sp³-hybridized carbons (Fsp3) is 0.385. The van der Waals surface area contributed by atoms with Gasteiger partial charge >= 0.3 is 12.6 Å². The highest BCUT2D eigenvalue weighted by molar-refractivity contribution is 5.82. The molecule has 1 amide bonds.